The molecule has 5 unspecified atom stereocenters. The van der Waals surface area contributed by atoms with Crippen molar-refractivity contribution in [1.29, 1.82) is 0 Å². The van der Waals surface area contributed by atoms with Crippen LogP contribution in [0.4, 0.5) is 0 Å². The molecule has 0 bridgehead atoms. The zero-order valence-electron chi connectivity index (χ0n) is 21.2. The summed E-state index contributed by atoms with van der Waals surface area (Å²) in [5.74, 6) is 0.167. The fourth-order valence-electron chi connectivity index (χ4n) is 6.70. The van der Waals surface area contributed by atoms with Gasteiger partial charge in [0, 0.05) is 6.20 Å². The average Bonchev–Trinajstić information content (AvgIpc) is 3.47. The molecule has 2 aromatic carbocycles. The molecule has 5 nitrogen and oxygen atoms in total. The molecule has 2 fully saturated rings. The van der Waals surface area contributed by atoms with Gasteiger partial charge < -0.3 is 0 Å². The molecule has 8 heteroatoms. The normalized spacial score (nSPS) is 27.5. The number of nitrogens with zero attached hydrogens (tertiary/aromatic N) is 1. The van der Waals surface area contributed by atoms with Crippen molar-refractivity contribution >= 4 is 31.4 Å². The van der Waals surface area contributed by atoms with E-state index >= 15 is 0 Å². The molecule has 2 saturated carbocycles. The molecular formula is C29H33NO4S3. The molecule has 2 aliphatic rings. The Morgan fingerprint density at radius 3 is 2.11 bits per heavy atom. The van der Waals surface area contributed by atoms with Crippen molar-refractivity contribution in [1.82, 2.24) is 4.98 Å². The molecule has 5 rings (SSSR count). The summed E-state index contributed by atoms with van der Waals surface area (Å²) in [6.45, 7) is 3.69. The minimum Gasteiger partial charge on any atom is -0.250 e. The summed E-state index contributed by atoms with van der Waals surface area (Å²) in [6.07, 6.45) is 5.27. The maximum absolute atomic E-state index is 14.2. The first-order valence-corrected chi connectivity index (χ1v) is 16.6. The van der Waals surface area contributed by atoms with Gasteiger partial charge in [0.15, 0.2) is 19.7 Å². The van der Waals surface area contributed by atoms with Gasteiger partial charge >= 0.3 is 0 Å². The Morgan fingerprint density at radius 1 is 0.865 bits per heavy atom. The highest BCUT2D eigenvalue weighted by atomic mass is 32.3. The lowest BCUT2D eigenvalue weighted by Gasteiger charge is -2.39. The van der Waals surface area contributed by atoms with E-state index in [2.05, 4.69) is 4.98 Å². The first-order chi connectivity index (χ1) is 17.6. The summed E-state index contributed by atoms with van der Waals surface area (Å²) in [7, 11) is -7.36. The van der Waals surface area contributed by atoms with Gasteiger partial charge in [-0.05, 0) is 100 Å². The maximum Gasteiger partial charge on any atom is 0.193 e. The number of pyridine rings is 1. The first-order valence-electron chi connectivity index (χ1n) is 12.8. The lowest BCUT2D eigenvalue weighted by Crippen LogP contribution is -2.44. The van der Waals surface area contributed by atoms with Crippen molar-refractivity contribution in [2.45, 2.75) is 69.6 Å². The van der Waals surface area contributed by atoms with Gasteiger partial charge in [-0.2, -0.15) is 0 Å². The number of benzene rings is 2. The number of rotatable bonds is 8. The van der Waals surface area contributed by atoms with E-state index in [1.165, 1.54) is 11.8 Å². The molecule has 0 N–H and O–H groups in total. The van der Waals surface area contributed by atoms with Crippen molar-refractivity contribution in [3.63, 3.8) is 0 Å². The standard InChI is InChI=1S/C29H33NO4S3/c1-28(36(31,32)24-11-5-3-6-12-24)19-18-22-16-17-23(27(22)28)21-29(2,35-26-15-9-10-20-30-26)37(33,34)25-13-7-4-8-14-25/h3-15,20,22-23,27H,16-19,21H2,1-2H3. The van der Waals surface area contributed by atoms with Crippen LogP contribution >= 0.6 is 11.8 Å². The molecule has 37 heavy (non-hydrogen) atoms. The first kappa shape index (κ1) is 26.4. The summed E-state index contributed by atoms with van der Waals surface area (Å²) >= 11 is 1.27. The van der Waals surface area contributed by atoms with Crippen LogP contribution in [0.5, 0.6) is 0 Å². The van der Waals surface area contributed by atoms with Crippen LogP contribution in [0.15, 0.2) is 99.9 Å². The van der Waals surface area contributed by atoms with Crippen molar-refractivity contribution in [2.24, 2.45) is 17.8 Å². The van der Waals surface area contributed by atoms with Gasteiger partial charge in [-0.3, -0.25) is 0 Å². The lowest BCUT2D eigenvalue weighted by molar-refractivity contribution is 0.278. The number of fused-ring (bicyclic) bond motifs is 1. The minimum atomic E-state index is -3.77. The molecule has 5 atom stereocenters. The second kappa shape index (κ2) is 9.86. The van der Waals surface area contributed by atoms with Gasteiger partial charge in [-0.15, -0.1) is 0 Å². The highest BCUT2D eigenvalue weighted by molar-refractivity contribution is 8.14. The molecule has 3 aromatic rings. The van der Waals surface area contributed by atoms with Crippen molar-refractivity contribution in [3.05, 3.63) is 85.1 Å². The fourth-order valence-corrected chi connectivity index (χ4v) is 12.3. The van der Waals surface area contributed by atoms with Crippen LogP contribution in [-0.4, -0.2) is 30.6 Å². The van der Waals surface area contributed by atoms with Gasteiger partial charge in [0.05, 0.1) is 19.6 Å². The highest BCUT2D eigenvalue weighted by Gasteiger charge is 2.60. The van der Waals surface area contributed by atoms with Gasteiger partial charge in [-0.1, -0.05) is 54.2 Å². The Balaban J connectivity index is 1.54. The van der Waals surface area contributed by atoms with Crippen LogP contribution < -0.4 is 0 Å². The smallest absolute Gasteiger partial charge is 0.193 e. The third-order valence-corrected chi connectivity index (χ3v) is 15.3. The molecule has 0 radical (unpaired) electrons. The Morgan fingerprint density at radius 2 is 1.49 bits per heavy atom. The summed E-state index contributed by atoms with van der Waals surface area (Å²) < 4.78 is 54.1. The Labute approximate surface area is 225 Å². The van der Waals surface area contributed by atoms with Gasteiger partial charge in [0.25, 0.3) is 0 Å². The van der Waals surface area contributed by atoms with Crippen LogP contribution in [0.25, 0.3) is 0 Å². The van der Waals surface area contributed by atoms with Gasteiger partial charge in [0.1, 0.15) is 4.08 Å². The Hall–Kier alpha value is -2.16. The predicted octanol–water partition coefficient (Wildman–Crippen LogP) is 6.42. The average molecular weight is 556 g/mol. The van der Waals surface area contributed by atoms with Crippen LogP contribution in [-0.2, 0) is 19.7 Å². The van der Waals surface area contributed by atoms with Crippen LogP contribution in [0, 0.1) is 17.8 Å². The van der Waals surface area contributed by atoms with E-state index in [1.807, 2.05) is 37.3 Å². The van der Waals surface area contributed by atoms with Crippen LogP contribution in [0.2, 0.25) is 0 Å². The number of sulfone groups is 2. The quantitative estimate of drug-likeness (QED) is 0.298. The van der Waals surface area contributed by atoms with Gasteiger partial charge in [-0.25, -0.2) is 21.8 Å². The van der Waals surface area contributed by atoms with Crippen molar-refractivity contribution in [2.75, 3.05) is 0 Å². The number of aromatic nitrogens is 1. The monoisotopic (exact) mass is 555 g/mol. The Kier molecular flexibility index (Phi) is 7.05. The molecule has 0 spiro atoms. The SMILES string of the molecule is CC(CC1CCC2CCC(C)(S(=O)(=O)c3ccccc3)C21)(Sc1ccccn1)S(=O)(=O)c1ccccc1. The molecule has 0 amide bonds. The van der Waals surface area contributed by atoms with Crippen LogP contribution in [0.1, 0.15) is 46.0 Å². The molecule has 0 aliphatic heterocycles. The molecule has 196 valence electrons. The number of hydrogen-bond acceptors (Lipinski definition) is 6. The summed E-state index contributed by atoms with van der Waals surface area (Å²) in [4.78, 5) is 5.05. The van der Waals surface area contributed by atoms with E-state index in [0.717, 1.165) is 19.3 Å². The van der Waals surface area contributed by atoms with Crippen molar-refractivity contribution < 1.29 is 16.8 Å². The highest BCUT2D eigenvalue weighted by Crippen LogP contribution is 2.60. The zero-order chi connectivity index (χ0) is 26.3. The van der Waals surface area contributed by atoms with E-state index in [9.17, 15) is 16.8 Å². The summed E-state index contributed by atoms with van der Waals surface area (Å²) in [6, 6.07) is 22.8. The third-order valence-electron chi connectivity index (χ3n) is 8.52. The van der Waals surface area contributed by atoms with E-state index in [4.69, 9.17) is 0 Å². The third kappa shape index (κ3) is 4.55. The molecule has 2 aliphatic carbocycles. The van der Waals surface area contributed by atoms with E-state index in [1.54, 1.807) is 61.7 Å². The van der Waals surface area contributed by atoms with E-state index < -0.39 is 28.5 Å². The largest absolute Gasteiger partial charge is 0.250 e. The second-order valence-corrected chi connectivity index (χ2v) is 17.3. The number of thioether (sulfide) groups is 1. The second-order valence-electron chi connectivity index (χ2n) is 10.7. The van der Waals surface area contributed by atoms with Gasteiger partial charge in [0.2, 0.25) is 0 Å². The van der Waals surface area contributed by atoms with E-state index in [-0.39, 0.29) is 22.6 Å². The lowest BCUT2D eigenvalue weighted by atomic mass is 9.82. The topological polar surface area (TPSA) is 81.2 Å². The summed E-state index contributed by atoms with van der Waals surface area (Å²) in [5, 5.41) is 0.644. The predicted molar refractivity (Wildman–Crippen MR) is 148 cm³/mol. The van der Waals surface area contributed by atoms with Crippen LogP contribution in [0.3, 0.4) is 0 Å². The maximum atomic E-state index is 14.2. The number of hydrogen-bond donors (Lipinski definition) is 0. The fraction of sp³-hybridized carbons (Fsp3) is 0.414. The van der Waals surface area contributed by atoms with Crippen molar-refractivity contribution in [3.8, 4) is 0 Å². The molecular weight excluding hydrogens is 523 g/mol. The molecule has 1 heterocycles. The molecule has 1 aromatic heterocycles. The Bertz CT molecular complexity index is 1450. The molecule has 0 saturated heterocycles. The van der Waals surface area contributed by atoms with E-state index in [0.29, 0.717) is 22.8 Å². The zero-order valence-corrected chi connectivity index (χ0v) is 23.6. The summed E-state index contributed by atoms with van der Waals surface area (Å²) in [5.41, 5.74) is 0. The minimum absolute atomic E-state index is 0.0318.